The van der Waals surface area contributed by atoms with Gasteiger partial charge in [-0.2, -0.15) is 0 Å². The van der Waals surface area contributed by atoms with E-state index in [2.05, 4.69) is 0 Å². The third-order valence-corrected chi connectivity index (χ3v) is 3.85. The monoisotopic (exact) mass is 302 g/mol. The lowest BCUT2D eigenvalue weighted by molar-refractivity contribution is 0.0589. The predicted molar refractivity (Wildman–Crippen MR) is 82.8 cm³/mol. The number of carbonyl (C=O) groups is 1. The standard InChI is InChI=1S/C16H15ClN2O2/c1-18-8-7-13-14(18)9-15(16(20)21-2)19(13)10-11-3-5-12(17)6-4-11/h3-9H,10H2,1-2H3. The topological polar surface area (TPSA) is 36.2 Å². The highest BCUT2D eigenvalue weighted by atomic mass is 35.5. The number of rotatable bonds is 3. The number of aryl methyl sites for hydroxylation is 1. The number of fused-ring (bicyclic) bond motifs is 1. The minimum Gasteiger partial charge on any atom is -0.464 e. The van der Waals surface area contributed by atoms with Gasteiger partial charge in [-0.1, -0.05) is 23.7 Å². The van der Waals surface area contributed by atoms with Crippen LogP contribution in [0.3, 0.4) is 0 Å². The van der Waals surface area contributed by atoms with Crippen molar-refractivity contribution >= 4 is 28.6 Å². The van der Waals surface area contributed by atoms with Crippen LogP contribution in [0.15, 0.2) is 42.6 Å². The van der Waals surface area contributed by atoms with Gasteiger partial charge in [0.2, 0.25) is 0 Å². The maximum Gasteiger partial charge on any atom is 0.354 e. The van der Waals surface area contributed by atoms with E-state index in [4.69, 9.17) is 16.3 Å². The van der Waals surface area contributed by atoms with Crippen molar-refractivity contribution in [1.82, 2.24) is 9.13 Å². The van der Waals surface area contributed by atoms with E-state index in [1.165, 1.54) is 7.11 Å². The molecule has 0 atom stereocenters. The van der Waals surface area contributed by atoms with E-state index in [0.29, 0.717) is 17.3 Å². The highest BCUT2D eigenvalue weighted by Crippen LogP contribution is 2.23. The van der Waals surface area contributed by atoms with Gasteiger partial charge < -0.3 is 13.9 Å². The molecule has 0 unspecified atom stereocenters. The zero-order valence-electron chi connectivity index (χ0n) is 11.8. The summed E-state index contributed by atoms with van der Waals surface area (Å²) in [4.78, 5) is 12.0. The Labute approximate surface area is 127 Å². The maximum atomic E-state index is 12.0. The molecule has 2 heterocycles. The number of methoxy groups -OCH3 is 1. The maximum absolute atomic E-state index is 12.0. The van der Waals surface area contributed by atoms with Crippen LogP contribution in [0.4, 0.5) is 0 Å². The van der Waals surface area contributed by atoms with Gasteiger partial charge in [0.15, 0.2) is 0 Å². The quantitative estimate of drug-likeness (QED) is 0.695. The van der Waals surface area contributed by atoms with Crippen molar-refractivity contribution in [2.45, 2.75) is 6.54 Å². The predicted octanol–water partition coefficient (Wildman–Crippen LogP) is 3.47. The van der Waals surface area contributed by atoms with Gasteiger partial charge in [0.1, 0.15) is 5.69 Å². The Hall–Kier alpha value is -2.20. The summed E-state index contributed by atoms with van der Waals surface area (Å²) in [6.07, 6.45) is 1.98. The molecular weight excluding hydrogens is 288 g/mol. The van der Waals surface area contributed by atoms with Crippen molar-refractivity contribution in [3.63, 3.8) is 0 Å². The van der Waals surface area contributed by atoms with E-state index < -0.39 is 0 Å². The molecule has 0 aliphatic rings. The fourth-order valence-electron chi connectivity index (χ4n) is 2.49. The lowest BCUT2D eigenvalue weighted by Crippen LogP contribution is -2.11. The van der Waals surface area contributed by atoms with E-state index in [1.807, 2.05) is 58.8 Å². The van der Waals surface area contributed by atoms with Crippen LogP contribution in [0.5, 0.6) is 0 Å². The van der Waals surface area contributed by atoms with Crippen LogP contribution in [0.25, 0.3) is 11.0 Å². The van der Waals surface area contributed by atoms with Gasteiger partial charge in [0.05, 0.1) is 18.1 Å². The Bertz CT molecular complexity index is 800. The van der Waals surface area contributed by atoms with Gasteiger partial charge in [0.25, 0.3) is 0 Å². The summed E-state index contributed by atoms with van der Waals surface area (Å²) < 4.78 is 8.83. The Morgan fingerprint density at radius 1 is 1.19 bits per heavy atom. The summed E-state index contributed by atoms with van der Waals surface area (Å²) in [5.41, 5.74) is 3.64. The molecule has 4 nitrogen and oxygen atoms in total. The largest absolute Gasteiger partial charge is 0.464 e. The molecule has 0 bridgehead atoms. The van der Waals surface area contributed by atoms with Crippen molar-refractivity contribution in [1.29, 1.82) is 0 Å². The summed E-state index contributed by atoms with van der Waals surface area (Å²) >= 11 is 5.91. The molecule has 1 aromatic carbocycles. The smallest absolute Gasteiger partial charge is 0.354 e. The van der Waals surface area contributed by atoms with E-state index in [-0.39, 0.29) is 5.97 Å². The van der Waals surface area contributed by atoms with E-state index in [9.17, 15) is 4.79 Å². The Balaban J connectivity index is 2.10. The van der Waals surface area contributed by atoms with E-state index in [1.54, 1.807) is 0 Å². The molecule has 0 saturated carbocycles. The molecule has 0 spiro atoms. The number of esters is 1. The molecule has 0 saturated heterocycles. The number of carbonyl (C=O) groups excluding carboxylic acids is 1. The third kappa shape index (κ3) is 2.43. The Morgan fingerprint density at radius 3 is 2.57 bits per heavy atom. The molecule has 21 heavy (non-hydrogen) atoms. The van der Waals surface area contributed by atoms with E-state index in [0.717, 1.165) is 16.6 Å². The molecular formula is C16H15ClN2O2. The van der Waals surface area contributed by atoms with Gasteiger partial charge in [-0.25, -0.2) is 4.79 Å². The van der Waals surface area contributed by atoms with Crippen molar-refractivity contribution in [3.05, 3.63) is 58.9 Å². The van der Waals surface area contributed by atoms with Crippen LogP contribution in [0.2, 0.25) is 5.02 Å². The molecule has 0 fully saturated rings. The first-order chi connectivity index (χ1) is 10.1. The zero-order valence-corrected chi connectivity index (χ0v) is 12.6. The zero-order chi connectivity index (χ0) is 15.0. The first-order valence-electron chi connectivity index (χ1n) is 6.57. The van der Waals surface area contributed by atoms with Gasteiger partial charge in [0, 0.05) is 24.8 Å². The second-order valence-corrected chi connectivity index (χ2v) is 5.37. The molecule has 0 radical (unpaired) electrons. The number of halogens is 1. The molecule has 0 aliphatic heterocycles. The molecule has 3 rings (SSSR count). The number of hydrogen-bond donors (Lipinski definition) is 0. The summed E-state index contributed by atoms with van der Waals surface area (Å²) in [6.45, 7) is 0.592. The van der Waals surface area contributed by atoms with Gasteiger partial charge in [-0.3, -0.25) is 0 Å². The SMILES string of the molecule is COC(=O)c1cc2c(ccn2C)n1Cc1ccc(Cl)cc1. The van der Waals surface area contributed by atoms with Crippen LogP contribution in [-0.4, -0.2) is 22.2 Å². The molecule has 0 aliphatic carbocycles. The fraction of sp³-hybridized carbons (Fsp3) is 0.188. The van der Waals surface area contributed by atoms with Crippen LogP contribution in [0.1, 0.15) is 16.1 Å². The van der Waals surface area contributed by atoms with Crippen LogP contribution in [0, 0.1) is 0 Å². The third-order valence-electron chi connectivity index (χ3n) is 3.60. The van der Waals surface area contributed by atoms with Gasteiger partial charge in [-0.05, 0) is 29.8 Å². The van der Waals surface area contributed by atoms with Crippen molar-refractivity contribution < 1.29 is 9.53 Å². The molecule has 0 amide bonds. The summed E-state index contributed by atoms with van der Waals surface area (Å²) in [6, 6.07) is 11.5. The van der Waals surface area contributed by atoms with Crippen molar-refractivity contribution in [3.8, 4) is 0 Å². The number of hydrogen-bond acceptors (Lipinski definition) is 2. The van der Waals surface area contributed by atoms with Crippen molar-refractivity contribution in [2.75, 3.05) is 7.11 Å². The second-order valence-electron chi connectivity index (χ2n) is 4.93. The van der Waals surface area contributed by atoms with Crippen LogP contribution in [-0.2, 0) is 18.3 Å². The normalized spacial score (nSPS) is 11.0. The minimum atomic E-state index is -0.333. The minimum absolute atomic E-state index is 0.333. The molecule has 0 N–H and O–H groups in total. The average Bonchev–Trinajstić information content (AvgIpc) is 3.02. The highest BCUT2D eigenvalue weighted by Gasteiger charge is 2.17. The number of benzene rings is 1. The number of ether oxygens (including phenoxy) is 1. The van der Waals surface area contributed by atoms with E-state index >= 15 is 0 Å². The second kappa shape index (κ2) is 5.30. The van der Waals surface area contributed by atoms with Crippen molar-refractivity contribution in [2.24, 2.45) is 7.05 Å². The lowest BCUT2D eigenvalue weighted by Gasteiger charge is -2.09. The van der Waals surface area contributed by atoms with Crippen LogP contribution >= 0.6 is 11.6 Å². The average molecular weight is 303 g/mol. The highest BCUT2D eigenvalue weighted by molar-refractivity contribution is 6.30. The van der Waals surface area contributed by atoms with Crippen LogP contribution < -0.4 is 0 Å². The summed E-state index contributed by atoms with van der Waals surface area (Å²) in [7, 11) is 3.35. The first-order valence-corrected chi connectivity index (χ1v) is 6.95. The van der Waals surface area contributed by atoms with Gasteiger partial charge >= 0.3 is 5.97 Å². The number of aromatic nitrogens is 2. The molecule has 108 valence electrons. The molecule has 5 heteroatoms. The first kappa shape index (κ1) is 13.8. The fourth-order valence-corrected chi connectivity index (χ4v) is 2.61. The Morgan fingerprint density at radius 2 is 1.90 bits per heavy atom. The summed E-state index contributed by atoms with van der Waals surface area (Å²) in [5.74, 6) is -0.333. The summed E-state index contributed by atoms with van der Waals surface area (Å²) in [5, 5.41) is 0.698. The number of nitrogens with zero attached hydrogens (tertiary/aromatic N) is 2. The van der Waals surface area contributed by atoms with Gasteiger partial charge in [-0.15, -0.1) is 0 Å². The molecule has 2 aromatic heterocycles. The lowest BCUT2D eigenvalue weighted by atomic mass is 10.2. The Kier molecular flexibility index (Phi) is 3.47. The molecule has 3 aromatic rings.